The minimum absolute atomic E-state index is 0.170. The van der Waals surface area contributed by atoms with Crippen LogP contribution in [-0.4, -0.2) is 45.7 Å². The lowest BCUT2D eigenvalue weighted by Crippen LogP contribution is -2.27. The molecule has 23 heavy (non-hydrogen) atoms. The Kier molecular flexibility index (Phi) is 4.88. The van der Waals surface area contributed by atoms with E-state index in [4.69, 9.17) is 4.74 Å². The Morgan fingerprint density at radius 2 is 2.13 bits per heavy atom. The van der Waals surface area contributed by atoms with Gasteiger partial charge in [-0.25, -0.2) is 4.79 Å². The lowest BCUT2D eigenvalue weighted by atomic mass is 10.1. The van der Waals surface area contributed by atoms with Crippen LogP contribution in [0.5, 0.6) is 0 Å². The van der Waals surface area contributed by atoms with Gasteiger partial charge in [0.1, 0.15) is 5.69 Å². The number of nitrogens with zero attached hydrogens (tertiary/aromatic N) is 3. The van der Waals surface area contributed by atoms with Gasteiger partial charge in [-0.15, -0.1) is 0 Å². The van der Waals surface area contributed by atoms with Crippen molar-refractivity contribution in [2.45, 2.75) is 26.8 Å². The molecule has 2 heterocycles. The molecular formula is C16H22N4O3. The van der Waals surface area contributed by atoms with Crippen molar-refractivity contribution in [1.29, 1.82) is 0 Å². The van der Waals surface area contributed by atoms with E-state index < -0.39 is 5.97 Å². The number of aryl methyl sites for hydroxylation is 2. The van der Waals surface area contributed by atoms with Gasteiger partial charge in [0.05, 0.1) is 18.9 Å². The van der Waals surface area contributed by atoms with E-state index in [-0.39, 0.29) is 5.91 Å². The molecule has 0 aliphatic carbocycles. The van der Waals surface area contributed by atoms with Gasteiger partial charge in [-0.05, 0) is 18.9 Å². The summed E-state index contributed by atoms with van der Waals surface area (Å²) in [4.78, 5) is 29.3. The topological polar surface area (TPSA) is 80.2 Å². The molecule has 0 unspecified atom stereocenters. The fraction of sp³-hybridized carbons (Fsp3) is 0.438. The molecule has 0 aliphatic heterocycles. The molecular weight excluding hydrogens is 296 g/mol. The molecule has 2 aromatic rings. The molecule has 2 rings (SSSR count). The SMILES string of the molecule is CCc1[nH]c(C(=O)N(C)Cc2cnn(C)c2)c(C)c1C(=O)OC. The van der Waals surface area contributed by atoms with Crippen molar-refractivity contribution in [3.05, 3.63) is 40.5 Å². The lowest BCUT2D eigenvalue weighted by molar-refractivity contribution is 0.0599. The summed E-state index contributed by atoms with van der Waals surface area (Å²) in [7, 11) is 4.89. The summed E-state index contributed by atoms with van der Waals surface area (Å²) in [6.07, 6.45) is 4.20. The average molecular weight is 318 g/mol. The third-order valence-electron chi connectivity index (χ3n) is 3.81. The van der Waals surface area contributed by atoms with Crippen LogP contribution < -0.4 is 0 Å². The van der Waals surface area contributed by atoms with Crippen molar-refractivity contribution in [1.82, 2.24) is 19.7 Å². The molecule has 0 bridgehead atoms. The summed E-state index contributed by atoms with van der Waals surface area (Å²) < 4.78 is 6.51. The molecule has 0 aliphatic rings. The molecule has 1 amide bonds. The molecule has 1 N–H and O–H groups in total. The quantitative estimate of drug-likeness (QED) is 0.851. The number of amides is 1. The maximum Gasteiger partial charge on any atom is 0.339 e. The predicted molar refractivity (Wildman–Crippen MR) is 85.3 cm³/mol. The summed E-state index contributed by atoms with van der Waals surface area (Å²) in [5.41, 5.74) is 3.16. The van der Waals surface area contributed by atoms with Gasteiger partial charge < -0.3 is 14.6 Å². The smallest absolute Gasteiger partial charge is 0.339 e. The Morgan fingerprint density at radius 1 is 1.43 bits per heavy atom. The molecule has 2 aromatic heterocycles. The maximum atomic E-state index is 12.7. The van der Waals surface area contributed by atoms with Crippen LogP contribution in [0.1, 0.15) is 44.6 Å². The average Bonchev–Trinajstić information content (AvgIpc) is 3.08. The number of nitrogens with one attached hydrogen (secondary N) is 1. The van der Waals surface area contributed by atoms with E-state index in [0.29, 0.717) is 35.5 Å². The van der Waals surface area contributed by atoms with Crippen molar-refractivity contribution in [2.75, 3.05) is 14.2 Å². The van der Waals surface area contributed by atoms with E-state index >= 15 is 0 Å². The minimum Gasteiger partial charge on any atom is -0.465 e. The Morgan fingerprint density at radius 3 is 2.65 bits per heavy atom. The monoisotopic (exact) mass is 318 g/mol. The van der Waals surface area contributed by atoms with E-state index in [1.165, 1.54) is 7.11 Å². The van der Waals surface area contributed by atoms with Crippen molar-refractivity contribution in [3.8, 4) is 0 Å². The van der Waals surface area contributed by atoms with Crippen LogP contribution in [-0.2, 0) is 24.8 Å². The van der Waals surface area contributed by atoms with Crippen LogP contribution >= 0.6 is 0 Å². The van der Waals surface area contributed by atoms with Gasteiger partial charge in [0.15, 0.2) is 0 Å². The third-order valence-corrected chi connectivity index (χ3v) is 3.81. The predicted octanol–water partition coefficient (Wildman–Crippen LogP) is 1.68. The zero-order valence-corrected chi connectivity index (χ0v) is 14.1. The van der Waals surface area contributed by atoms with Gasteiger partial charge in [-0.3, -0.25) is 9.48 Å². The van der Waals surface area contributed by atoms with Gasteiger partial charge in [0.2, 0.25) is 0 Å². The van der Waals surface area contributed by atoms with Crippen LogP contribution in [0.4, 0.5) is 0 Å². The first-order valence-electron chi connectivity index (χ1n) is 7.41. The summed E-state index contributed by atoms with van der Waals surface area (Å²) in [6.45, 7) is 4.12. The van der Waals surface area contributed by atoms with Gasteiger partial charge in [0, 0.05) is 38.1 Å². The normalized spacial score (nSPS) is 10.7. The second-order valence-electron chi connectivity index (χ2n) is 5.51. The summed E-state index contributed by atoms with van der Waals surface area (Å²) in [6, 6.07) is 0. The molecule has 7 heteroatoms. The molecule has 0 radical (unpaired) electrons. The van der Waals surface area contributed by atoms with E-state index in [0.717, 1.165) is 5.56 Å². The Bertz CT molecular complexity index is 730. The first-order valence-corrected chi connectivity index (χ1v) is 7.41. The van der Waals surface area contributed by atoms with E-state index in [1.54, 1.807) is 29.7 Å². The number of methoxy groups -OCH3 is 1. The highest BCUT2D eigenvalue weighted by Gasteiger charge is 2.25. The number of hydrogen-bond acceptors (Lipinski definition) is 4. The second-order valence-corrected chi connectivity index (χ2v) is 5.51. The first kappa shape index (κ1) is 16.8. The highest BCUT2D eigenvalue weighted by atomic mass is 16.5. The number of H-pyrrole nitrogens is 1. The van der Waals surface area contributed by atoms with E-state index in [9.17, 15) is 9.59 Å². The maximum absolute atomic E-state index is 12.7. The van der Waals surface area contributed by atoms with Gasteiger partial charge in [0.25, 0.3) is 5.91 Å². The molecule has 0 saturated heterocycles. The highest BCUT2D eigenvalue weighted by Crippen LogP contribution is 2.21. The van der Waals surface area contributed by atoms with Crippen molar-refractivity contribution in [2.24, 2.45) is 7.05 Å². The molecule has 124 valence electrons. The summed E-state index contributed by atoms with van der Waals surface area (Å²) in [5, 5.41) is 4.09. The Hall–Kier alpha value is -2.57. The number of hydrogen-bond donors (Lipinski definition) is 1. The summed E-state index contributed by atoms with van der Waals surface area (Å²) in [5.74, 6) is -0.597. The van der Waals surface area contributed by atoms with Crippen LogP contribution in [0, 0.1) is 6.92 Å². The van der Waals surface area contributed by atoms with Crippen molar-refractivity contribution in [3.63, 3.8) is 0 Å². The fourth-order valence-corrected chi connectivity index (χ4v) is 2.61. The summed E-state index contributed by atoms with van der Waals surface area (Å²) >= 11 is 0. The van der Waals surface area contributed by atoms with Gasteiger partial charge in [-0.2, -0.15) is 5.10 Å². The molecule has 0 aromatic carbocycles. The number of rotatable bonds is 5. The standard InChI is InChI=1S/C16H22N4O3/c1-6-12-13(16(22)23-5)10(2)14(18-12)15(21)19(3)8-11-7-17-20(4)9-11/h7,9,18H,6,8H2,1-5H3. The number of aromatic amines is 1. The molecule has 0 fully saturated rings. The molecule has 0 atom stereocenters. The Labute approximate surface area is 135 Å². The molecule has 0 spiro atoms. The molecule has 0 saturated carbocycles. The fourth-order valence-electron chi connectivity index (χ4n) is 2.61. The van der Waals surface area contributed by atoms with E-state index in [1.807, 2.05) is 20.2 Å². The number of carbonyl (C=O) groups is 2. The zero-order valence-electron chi connectivity index (χ0n) is 14.1. The van der Waals surface area contributed by atoms with Crippen LogP contribution in [0.3, 0.4) is 0 Å². The van der Waals surface area contributed by atoms with Gasteiger partial charge >= 0.3 is 5.97 Å². The minimum atomic E-state index is -0.426. The number of esters is 1. The lowest BCUT2D eigenvalue weighted by Gasteiger charge is -2.16. The van der Waals surface area contributed by atoms with Crippen LogP contribution in [0.2, 0.25) is 0 Å². The van der Waals surface area contributed by atoms with Crippen LogP contribution in [0.15, 0.2) is 12.4 Å². The largest absolute Gasteiger partial charge is 0.465 e. The van der Waals surface area contributed by atoms with Crippen LogP contribution in [0.25, 0.3) is 0 Å². The number of carbonyl (C=O) groups excluding carboxylic acids is 2. The first-order chi connectivity index (χ1) is 10.9. The number of aromatic nitrogens is 3. The number of ether oxygens (including phenoxy) is 1. The van der Waals surface area contributed by atoms with Crippen molar-refractivity contribution < 1.29 is 14.3 Å². The second kappa shape index (κ2) is 6.68. The third kappa shape index (κ3) is 3.28. The van der Waals surface area contributed by atoms with E-state index in [2.05, 4.69) is 10.1 Å². The Balaban J connectivity index is 2.28. The zero-order chi connectivity index (χ0) is 17.1. The molecule has 7 nitrogen and oxygen atoms in total. The van der Waals surface area contributed by atoms with Gasteiger partial charge in [-0.1, -0.05) is 6.92 Å². The van der Waals surface area contributed by atoms with Crippen molar-refractivity contribution >= 4 is 11.9 Å². The highest BCUT2D eigenvalue weighted by molar-refractivity contribution is 6.00.